The fraction of sp³-hybridized carbons (Fsp3) is 0.412. The third-order valence-electron chi connectivity index (χ3n) is 3.90. The number of esters is 1. The quantitative estimate of drug-likeness (QED) is 0.811. The first kappa shape index (κ1) is 14.3. The molecular weight excluding hydrogens is 282 g/mol. The molecule has 3 rings (SSSR count). The predicted molar refractivity (Wildman–Crippen MR) is 83.7 cm³/mol. The van der Waals surface area contributed by atoms with Crippen LogP contribution in [0.5, 0.6) is 0 Å². The second kappa shape index (κ2) is 6.39. The summed E-state index contributed by atoms with van der Waals surface area (Å²) >= 11 is 1.67. The van der Waals surface area contributed by atoms with E-state index in [4.69, 9.17) is 4.74 Å². The van der Waals surface area contributed by atoms with Crippen LogP contribution in [0.15, 0.2) is 29.6 Å². The lowest BCUT2D eigenvalue weighted by atomic mass is 9.84. The van der Waals surface area contributed by atoms with Gasteiger partial charge in [-0.3, -0.25) is 4.79 Å². The van der Waals surface area contributed by atoms with E-state index in [-0.39, 0.29) is 12.4 Å². The molecule has 1 unspecified atom stereocenters. The SMILES string of the molecule is CCOC(=O)Cc1csc(C2CCc3ccccc3C2)n1. The molecule has 1 aromatic heterocycles. The van der Waals surface area contributed by atoms with Gasteiger partial charge >= 0.3 is 5.97 Å². The van der Waals surface area contributed by atoms with E-state index in [2.05, 4.69) is 29.2 Å². The number of carbonyl (C=O) groups is 1. The molecule has 2 aromatic rings. The van der Waals surface area contributed by atoms with Crippen molar-refractivity contribution in [3.05, 3.63) is 51.5 Å². The Labute approximate surface area is 129 Å². The van der Waals surface area contributed by atoms with Crippen LogP contribution < -0.4 is 0 Å². The molecule has 1 aliphatic rings. The van der Waals surface area contributed by atoms with Gasteiger partial charge in [0.05, 0.1) is 23.7 Å². The molecule has 1 aliphatic carbocycles. The number of nitrogens with zero attached hydrogens (tertiary/aromatic N) is 1. The molecule has 4 heteroatoms. The Morgan fingerprint density at radius 2 is 2.19 bits per heavy atom. The molecule has 0 N–H and O–H groups in total. The van der Waals surface area contributed by atoms with Crippen LogP contribution in [-0.2, 0) is 28.8 Å². The lowest BCUT2D eigenvalue weighted by molar-refractivity contribution is -0.142. The van der Waals surface area contributed by atoms with Gasteiger partial charge in [-0.2, -0.15) is 0 Å². The Balaban J connectivity index is 1.69. The molecule has 110 valence electrons. The van der Waals surface area contributed by atoms with E-state index in [1.807, 2.05) is 12.3 Å². The average molecular weight is 301 g/mol. The smallest absolute Gasteiger partial charge is 0.311 e. The number of benzene rings is 1. The van der Waals surface area contributed by atoms with Gasteiger partial charge < -0.3 is 4.74 Å². The van der Waals surface area contributed by atoms with Crippen LogP contribution in [0.4, 0.5) is 0 Å². The molecule has 21 heavy (non-hydrogen) atoms. The minimum atomic E-state index is -0.191. The highest BCUT2D eigenvalue weighted by atomic mass is 32.1. The zero-order chi connectivity index (χ0) is 14.7. The van der Waals surface area contributed by atoms with Gasteiger partial charge in [-0.05, 0) is 37.3 Å². The predicted octanol–water partition coefficient (Wildman–Crippen LogP) is 3.52. The fourth-order valence-corrected chi connectivity index (χ4v) is 3.82. The summed E-state index contributed by atoms with van der Waals surface area (Å²) in [5.74, 6) is 0.296. The topological polar surface area (TPSA) is 39.2 Å². The zero-order valence-corrected chi connectivity index (χ0v) is 13.0. The molecule has 0 saturated carbocycles. The Morgan fingerprint density at radius 1 is 1.38 bits per heavy atom. The van der Waals surface area contributed by atoms with Crippen LogP contribution in [0.2, 0.25) is 0 Å². The van der Waals surface area contributed by atoms with Crippen molar-refractivity contribution in [2.75, 3.05) is 6.61 Å². The van der Waals surface area contributed by atoms with Crippen LogP contribution >= 0.6 is 11.3 Å². The minimum absolute atomic E-state index is 0.191. The highest BCUT2D eigenvalue weighted by Gasteiger charge is 2.22. The lowest BCUT2D eigenvalue weighted by Gasteiger charge is -2.22. The summed E-state index contributed by atoms with van der Waals surface area (Å²) in [4.78, 5) is 16.2. The summed E-state index contributed by atoms with van der Waals surface area (Å²) in [6, 6.07) is 8.66. The maximum atomic E-state index is 11.5. The monoisotopic (exact) mass is 301 g/mol. The molecule has 1 heterocycles. The van der Waals surface area contributed by atoms with Gasteiger partial charge in [-0.15, -0.1) is 11.3 Å². The Bertz CT molecular complexity index is 635. The molecule has 0 fully saturated rings. The van der Waals surface area contributed by atoms with Crippen molar-refractivity contribution in [2.45, 2.75) is 38.5 Å². The summed E-state index contributed by atoms with van der Waals surface area (Å²) in [6.07, 6.45) is 3.60. The van der Waals surface area contributed by atoms with E-state index in [9.17, 15) is 4.79 Å². The van der Waals surface area contributed by atoms with Crippen molar-refractivity contribution < 1.29 is 9.53 Å². The van der Waals surface area contributed by atoms with E-state index in [1.165, 1.54) is 11.1 Å². The molecule has 1 aromatic carbocycles. The zero-order valence-electron chi connectivity index (χ0n) is 12.2. The highest BCUT2D eigenvalue weighted by molar-refractivity contribution is 7.09. The van der Waals surface area contributed by atoms with Gasteiger partial charge in [0.25, 0.3) is 0 Å². The first-order valence-electron chi connectivity index (χ1n) is 7.43. The van der Waals surface area contributed by atoms with E-state index < -0.39 is 0 Å². The van der Waals surface area contributed by atoms with E-state index >= 15 is 0 Å². The number of aromatic nitrogens is 1. The maximum absolute atomic E-state index is 11.5. The highest BCUT2D eigenvalue weighted by Crippen LogP contribution is 2.34. The maximum Gasteiger partial charge on any atom is 0.311 e. The average Bonchev–Trinajstić information content (AvgIpc) is 2.95. The van der Waals surface area contributed by atoms with E-state index in [0.29, 0.717) is 12.5 Å². The molecule has 0 bridgehead atoms. The van der Waals surface area contributed by atoms with Gasteiger partial charge in [-0.1, -0.05) is 24.3 Å². The summed E-state index contributed by atoms with van der Waals surface area (Å²) in [6.45, 7) is 2.25. The number of thiazole rings is 1. The van der Waals surface area contributed by atoms with Gasteiger partial charge in [0.15, 0.2) is 0 Å². The van der Waals surface area contributed by atoms with Crippen LogP contribution in [0.3, 0.4) is 0 Å². The summed E-state index contributed by atoms with van der Waals surface area (Å²) < 4.78 is 4.97. The van der Waals surface area contributed by atoms with Crippen LogP contribution in [0, 0.1) is 0 Å². The number of fused-ring (bicyclic) bond motifs is 1. The molecular formula is C17H19NO2S. The molecule has 0 aliphatic heterocycles. The third kappa shape index (κ3) is 3.32. The number of ether oxygens (including phenoxy) is 1. The van der Waals surface area contributed by atoms with Gasteiger partial charge in [0.1, 0.15) is 0 Å². The summed E-state index contributed by atoms with van der Waals surface area (Å²) in [5.41, 5.74) is 3.75. The van der Waals surface area contributed by atoms with E-state index in [1.54, 1.807) is 11.3 Å². The minimum Gasteiger partial charge on any atom is -0.466 e. The number of aryl methyl sites for hydroxylation is 1. The van der Waals surface area contributed by atoms with Crippen molar-refractivity contribution in [3.63, 3.8) is 0 Å². The number of carbonyl (C=O) groups excluding carboxylic acids is 1. The molecule has 3 nitrogen and oxygen atoms in total. The summed E-state index contributed by atoms with van der Waals surface area (Å²) in [7, 11) is 0. The fourth-order valence-electron chi connectivity index (χ4n) is 2.86. The largest absolute Gasteiger partial charge is 0.466 e. The van der Waals surface area contributed by atoms with E-state index in [0.717, 1.165) is 30.0 Å². The van der Waals surface area contributed by atoms with Crippen molar-refractivity contribution in [3.8, 4) is 0 Å². The first-order chi connectivity index (χ1) is 10.3. The van der Waals surface area contributed by atoms with Crippen molar-refractivity contribution >= 4 is 17.3 Å². The number of hydrogen-bond donors (Lipinski definition) is 0. The van der Waals surface area contributed by atoms with Gasteiger partial charge in [0, 0.05) is 11.3 Å². The van der Waals surface area contributed by atoms with Gasteiger partial charge in [-0.25, -0.2) is 4.98 Å². The van der Waals surface area contributed by atoms with Crippen molar-refractivity contribution in [1.29, 1.82) is 0 Å². The number of rotatable bonds is 4. The first-order valence-corrected chi connectivity index (χ1v) is 8.31. The molecule has 1 atom stereocenters. The Kier molecular flexibility index (Phi) is 4.34. The van der Waals surface area contributed by atoms with Crippen molar-refractivity contribution in [2.24, 2.45) is 0 Å². The van der Waals surface area contributed by atoms with Crippen LogP contribution in [0.25, 0.3) is 0 Å². The van der Waals surface area contributed by atoms with Gasteiger partial charge in [0.2, 0.25) is 0 Å². The molecule has 0 spiro atoms. The molecule has 0 saturated heterocycles. The Hall–Kier alpha value is -1.68. The standard InChI is InChI=1S/C17H19NO2S/c1-2-20-16(19)10-15-11-21-17(18-15)14-8-7-12-5-3-4-6-13(12)9-14/h3-6,11,14H,2,7-10H2,1H3. The Morgan fingerprint density at radius 3 is 3.00 bits per heavy atom. The van der Waals surface area contributed by atoms with Crippen LogP contribution in [-0.4, -0.2) is 17.6 Å². The van der Waals surface area contributed by atoms with Crippen LogP contribution in [0.1, 0.15) is 41.1 Å². The second-order valence-electron chi connectivity index (χ2n) is 5.37. The number of hydrogen-bond acceptors (Lipinski definition) is 4. The second-order valence-corrected chi connectivity index (χ2v) is 6.26. The molecule has 0 radical (unpaired) electrons. The normalized spacial score (nSPS) is 17.3. The summed E-state index contributed by atoms with van der Waals surface area (Å²) in [5, 5.41) is 3.15. The van der Waals surface area contributed by atoms with Crippen molar-refractivity contribution in [1.82, 2.24) is 4.98 Å². The third-order valence-corrected chi connectivity index (χ3v) is 4.95. The lowest BCUT2D eigenvalue weighted by Crippen LogP contribution is -2.13. The molecule has 0 amide bonds.